The molecule has 2 bridgehead atoms. The van der Waals surface area contributed by atoms with Crippen LogP contribution < -0.4 is 15.4 Å². The number of rotatable bonds is 6. The van der Waals surface area contributed by atoms with Gasteiger partial charge in [0, 0.05) is 48.1 Å². The van der Waals surface area contributed by atoms with Crippen molar-refractivity contribution in [2.75, 3.05) is 17.7 Å². The first kappa shape index (κ1) is 23.1. The van der Waals surface area contributed by atoms with Gasteiger partial charge in [-0.1, -0.05) is 11.6 Å². The van der Waals surface area contributed by atoms with Crippen LogP contribution in [-0.4, -0.2) is 41.9 Å². The van der Waals surface area contributed by atoms with Crippen LogP contribution in [0.5, 0.6) is 5.75 Å². The summed E-state index contributed by atoms with van der Waals surface area (Å²) in [6.45, 7) is 1.42. The summed E-state index contributed by atoms with van der Waals surface area (Å²) in [5.41, 5.74) is 2.05. The Morgan fingerprint density at radius 3 is 2.42 bits per heavy atom. The maximum atomic E-state index is 13.2. The number of carbonyl (C=O) groups is 2. The molecule has 0 aliphatic carbocycles. The molecular formula is C25H27ClFN3O3. The van der Waals surface area contributed by atoms with Crippen LogP contribution in [0.15, 0.2) is 42.5 Å². The lowest BCUT2D eigenvalue weighted by Crippen LogP contribution is -2.49. The SMILES string of the molecule is COc1cc(/C=C/C(=O)N2C3CCC2CC(Nc2ccc(F)cc2)C3)c(NC(C)=O)cc1Cl. The Balaban J connectivity index is 1.46. The third-order valence-corrected chi connectivity index (χ3v) is 6.54. The number of halogens is 2. The number of carbonyl (C=O) groups excluding carboxylic acids is 2. The summed E-state index contributed by atoms with van der Waals surface area (Å²) in [5, 5.41) is 6.60. The van der Waals surface area contributed by atoms with Crippen molar-refractivity contribution in [2.24, 2.45) is 0 Å². The molecule has 2 heterocycles. The lowest BCUT2D eigenvalue weighted by atomic mass is 9.96. The second kappa shape index (κ2) is 9.83. The zero-order valence-electron chi connectivity index (χ0n) is 18.6. The zero-order chi connectivity index (χ0) is 23.5. The number of anilines is 2. The van der Waals surface area contributed by atoms with E-state index in [9.17, 15) is 14.0 Å². The molecule has 2 aromatic carbocycles. The average Bonchev–Trinajstić information content (AvgIpc) is 3.04. The minimum Gasteiger partial charge on any atom is -0.495 e. The van der Waals surface area contributed by atoms with Gasteiger partial charge >= 0.3 is 0 Å². The molecule has 0 aromatic heterocycles. The lowest BCUT2D eigenvalue weighted by Gasteiger charge is -2.39. The van der Waals surface area contributed by atoms with Gasteiger partial charge in [-0.3, -0.25) is 9.59 Å². The van der Waals surface area contributed by atoms with E-state index in [0.717, 1.165) is 31.4 Å². The Morgan fingerprint density at radius 1 is 1.15 bits per heavy atom. The summed E-state index contributed by atoms with van der Waals surface area (Å²) < 4.78 is 18.4. The van der Waals surface area contributed by atoms with E-state index in [-0.39, 0.29) is 35.8 Å². The largest absolute Gasteiger partial charge is 0.495 e. The maximum absolute atomic E-state index is 13.2. The number of piperidine rings is 1. The standard InChI is InChI=1S/C25H27ClFN3O3/c1-15(31)28-23-14-22(26)24(33-2)11-16(23)3-10-25(32)30-20-8-9-21(30)13-19(12-20)29-18-6-4-17(27)5-7-18/h3-7,10-11,14,19-21,29H,8-9,12-13H2,1-2H3,(H,28,31)/b10-3+. The highest BCUT2D eigenvalue weighted by atomic mass is 35.5. The second-order valence-electron chi connectivity index (χ2n) is 8.54. The lowest BCUT2D eigenvalue weighted by molar-refractivity contribution is -0.130. The Morgan fingerprint density at radius 2 is 1.82 bits per heavy atom. The Kier molecular flexibility index (Phi) is 6.88. The van der Waals surface area contributed by atoms with Crippen LogP contribution in [0.25, 0.3) is 6.08 Å². The molecule has 33 heavy (non-hydrogen) atoms. The fraction of sp³-hybridized carbons (Fsp3) is 0.360. The van der Waals surface area contributed by atoms with Crippen molar-refractivity contribution >= 4 is 40.9 Å². The minimum atomic E-state index is -0.257. The van der Waals surface area contributed by atoms with E-state index in [4.69, 9.17) is 16.3 Å². The van der Waals surface area contributed by atoms with Gasteiger partial charge in [-0.25, -0.2) is 4.39 Å². The summed E-state index contributed by atoms with van der Waals surface area (Å²) in [6.07, 6.45) is 6.87. The Labute approximate surface area is 197 Å². The van der Waals surface area contributed by atoms with E-state index in [1.807, 2.05) is 4.90 Å². The van der Waals surface area contributed by atoms with Gasteiger partial charge in [-0.2, -0.15) is 0 Å². The van der Waals surface area contributed by atoms with E-state index < -0.39 is 0 Å². The highest BCUT2D eigenvalue weighted by molar-refractivity contribution is 6.32. The van der Waals surface area contributed by atoms with Crippen molar-refractivity contribution in [3.05, 3.63) is 58.9 Å². The molecule has 6 nitrogen and oxygen atoms in total. The molecule has 4 rings (SSSR count). The maximum Gasteiger partial charge on any atom is 0.247 e. The molecule has 2 aromatic rings. The highest BCUT2D eigenvalue weighted by Crippen LogP contribution is 2.37. The molecule has 2 saturated heterocycles. The topological polar surface area (TPSA) is 70.7 Å². The summed E-state index contributed by atoms with van der Waals surface area (Å²) in [7, 11) is 1.51. The fourth-order valence-electron chi connectivity index (χ4n) is 4.85. The van der Waals surface area contributed by atoms with Gasteiger partial charge in [0.1, 0.15) is 11.6 Å². The predicted molar refractivity (Wildman–Crippen MR) is 128 cm³/mol. The molecule has 2 N–H and O–H groups in total. The third kappa shape index (κ3) is 5.30. The number of fused-ring (bicyclic) bond motifs is 2. The van der Waals surface area contributed by atoms with E-state index >= 15 is 0 Å². The number of nitrogens with one attached hydrogen (secondary N) is 2. The monoisotopic (exact) mass is 471 g/mol. The predicted octanol–water partition coefficient (Wildman–Crippen LogP) is 5.09. The van der Waals surface area contributed by atoms with Crippen molar-refractivity contribution in [1.82, 2.24) is 4.90 Å². The summed E-state index contributed by atoms with van der Waals surface area (Å²) in [5.74, 6) is -0.0742. The number of hydrogen-bond donors (Lipinski definition) is 2. The van der Waals surface area contributed by atoms with Gasteiger partial charge in [0.05, 0.1) is 12.1 Å². The van der Waals surface area contributed by atoms with Crippen LogP contribution in [-0.2, 0) is 9.59 Å². The second-order valence-corrected chi connectivity index (χ2v) is 8.95. The number of nitrogens with zero attached hydrogens (tertiary/aromatic N) is 1. The van der Waals surface area contributed by atoms with Crippen molar-refractivity contribution in [3.8, 4) is 5.75 Å². The summed E-state index contributed by atoms with van der Waals surface area (Å²) in [4.78, 5) is 26.7. The number of benzene rings is 2. The highest BCUT2D eigenvalue weighted by Gasteiger charge is 2.42. The fourth-order valence-corrected chi connectivity index (χ4v) is 5.09. The van der Waals surface area contributed by atoms with E-state index in [0.29, 0.717) is 22.0 Å². The quantitative estimate of drug-likeness (QED) is 0.575. The van der Waals surface area contributed by atoms with E-state index in [1.165, 1.54) is 26.2 Å². The Bertz CT molecular complexity index is 1060. The van der Waals surface area contributed by atoms with Gasteiger partial charge in [-0.05, 0) is 68.2 Å². The first-order valence-electron chi connectivity index (χ1n) is 11.0. The molecule has 174 valence electrons. The molecule has 2 atom stereocenters. The van der Waals surface area contributed by atoms with E-state index in [2.05, 4.69) is 10.6 Å². The van der Waals surface area contributed by atoms with Crippen molar-refractivity contribution in [3.63, 3.8) is 0 Å². The smallest absolute Gasteiger partial charge is 0.247 e. The molecule has 2 aliphatic heterocycles. The van der Waals surface area contributed by atoms with Gasteiger partial charge in [-0.15, -0.1) is 0 Å². The van der Waals surface area contributed by atoms with Crippen molar-refractivity contribution in [2.45, 2.75) is 50.7 Å². The average molecular weight is 472 g/mol. The van der Waals surface area contributed by atoms with Crippen LogP contribution in [0, 0.1) is 5.82 Å². The van der Waals surface area contributed by atoms with Crippen LogP contribution in [0.4, 0.5) is 15.8 Å². The molecular weight excluding hydrogens is 445 g/mol. The first-order chi connectivity index (χ1) is 15.8. The summed E-state index contributed by atoms with van der Waals surface area (Å²) in [6, 6.07) is 10.3. The van der Waals surface area contributed by atoms with Crippen molar-refractivity contribution in [1.29, 1.82) is 0 Å². The molecule has 8 heteroatoms. The first-order valence-corrected chi connectivity index (χ1v) is 11.4. The number of methoxy groups -OCH3 is 1. The third-order valence-electron chi connectivity index (χ3n) is 6.24. The van der Waals surface area contributed by atoms with Gasteiger partial charge in [0.15, 0.2) is 0 Å². The molecule has 0 saturated carbocycles. The molecule has 2 fully saturated rings. The van der Waals surface area contributed by atoms with E-state index in [1.54, 1.807) is 36.4 Å². The van der Waals surface area contributed by atoms with Crippen LogP contribution in [0.1, 0.15) is 38.2 Å². The van der Waals surface area contributed by atoms with Crippen LogP contribution in [0.3, 0.4) is 0 Å². The normalized spacial score (nSPS) is 21.8. The number of ether oxygens (including phenoxy) is 1. The molecule has 2 aliphatic rings. The molecule has 0 spiro atoms. The van der Waals surface area contributed by atoms with Crippen LogP contribution in [0.2, 0.25) is 5.02 Å². The number of amides is 2. The zero-order valence-corrected chi connectivity index (χ0v) is 19.4. The van der Waals surface area contributed by atoms with Crippen molar-refractivity contribution < 1.29 is 18.7 Å². The van der Waals surface area contributed by atoms with Gasteiger partial charge in [0.25, 0.3) is 0 Å². The van der Waals surface area contributed by atoms with Gasteiger partial charge < -0.3 is 20.3 Å². The number of hydrogen-bond acceptors (Lipinski definition) is 4. The molecule has 2 amide bonds. The Hall–Kier alpha value is -3.06. The summed E-state index contributed by atoms with van der Waals surface area (Å²) >= 11 is 6.20. The molecule has 0 radical (unpaired) electrons. The van der Waals surface area contributed by atoms with Crippen LogP contribution >= 0.6 is 11.6 Å². The molecule has 2 unspecified atom stereocenters. The van der Waals surface area contributed by atoms with Gasteiger partial charge in [0.2, 0.25) is 11.8 Å². The minimum absolute atomic E-state index is 0.0505.